The predicted octanol–water partition coefficient (Wildman–Crippen LogP) is 7.65. The molecule has 11 rings (SSSR count). The molecule has 3 fully saturated rings. The second-order valence-corrected chi connectivity index (χ2v) is 25.2. The van der Waals surface area contributed by atoms with Crippen LogP contribution in [0.5, 0.6) is 0 Å². The molecular weight excluding hydrogens is 1060 g/mol. The number of nitrogens with zero attached hydrogens (tertiary/aromatic N) is 20. The van der Waals surface area contributed by atoms with Crippen molar-refractivity contribution in [1.82, 2.24) is 90.2 Å². The van der Waals surface area contributed by atoms with Gasteiger partial charge in [-0.2, -0.15) is 0 Å². The van der Waals surface area contributed by atoms with Gasteiger partial charge in [-0.3, -0.25) is 9.68 Å². The van der Waals surface area contributed by atoms with Crippen molar-refractivity contribution in [1.29, 1.82) is 0 Å². The van der Waals surface area contributed by atoms with Crippen LogP contribution >= 0.6 is 15.3 Å². The predicted molar refractivity (Wildman–Crippen MR) is 281 cm³/mol. The van der Waals surface area contributed by atoms with Gasteiger partial charge in [0.2, 0.25) is 24.4 Å². The molecule has 8 heterocycles. The molecule has 8 aromatic heterocycles. The Labute approximate surface area is 440 Å². The van der Waals surface area contributed by atoms with Gasteiger partial charge < -0.3 is 0 Å². The van der Waals surface area contributed by atoms with E-state index in [2.05, 4.69) is 61.2 Å². The minimum Gasteiger partial charge on any atom is -0.242 e. The Kier molecular flexibility index (Phi) is 17.8. The van der Waals surface area contributed by atoms with Crippen LogP contribution in [0.3, 0.4) is 0 Å². The second-order valence-electron chi connectivity index (χ2n) is 19.4. The molecule has 0 amide bonds. The summed E-state index contributed by atoms with van der Waals surface area (Å²) in [5, 5.41) is 32.1. The molecule has 8 aromatic rings. The van der Waals surface area contributed by atoms with Crippen molar-refractivity contribution in [2.45, 2.75) is 94.0 Å². The van der Waals surface area contributed by atoms with Crippen LogP contribution in [0.15, 0.2) is 73.3 Å². The maximum absolute atomic E-state index is 10.7. The van der Waals surface area contributed by atoms with Gasteiger partial charge in [0.25, 0.3) is 0 Å². The first-order valence-electron chi connectivity index (χ1n) is 24.9. The number of fused-ring (bicyclic) bond motifs is 4. The molecular formula is C46H66F6N20O3P2+2. The van der Waals surface area contributed by atoms with Crippen LogP contribution in [0.4, 0.5) is 25.2 Å². The van der Waals surface area contributed by atoms with Gasteiger partial charge in [0.15, 0.2) is 5.65 Å². The van der Waals surface area contributed by atoms with Gasteiger partial charge in [-0.15, -0.1) is 20.4 Å². The molecule has 0 bridgehead atoms. The first kappa shape index (κ1) is 57.7. The number of pyridine rings is 4. The van der Waals surface area contributed by atoms with Crippen molar-refractivity contribution in [2.24, 2.45) is 7.05 Å². The Morgan fingerprint density at radius 3 is 1.09 bits per heavy atom. The van der Waals surface area contributed by atoms with Crippen molar-refractivity contribution >= 4 is 72.0 Å². The number of rotatable bonds is 7. The molecule has 0 atom stereocenters. The van der Waals surface area contributed by atoms with E-state index in [1.165, 1.54) is 86.7 Å². The Morgan fingerprint density at radius 2 is 0.779 bits per heavy atom. The maximum atomic E-state index is 9.87. The molecule has 0 spiro atoms. The molecule has 0 saturated heterocycles. The summed E-state index contributed by atoms with van der Waals surface area (Å²) in [6.45, 7) is 0. The van der Waals surface area contributed by atoms with E-state index in [1.807, 2.05) is 137 Å². The van der Waals surface area contributed by atoms with E-state index >= 15 is 0 Å². The monoisotopic (exact) mass is 1120 g/mol. The number of aromatic nitrogens is 16. The largest absolute Gasteiger partial charge is 0.242 e. The summed E-state index contributed by atoms with van der Waals surface area (Å²) >= 11 is 0. The fourth-order valence-corrected chi connectivity index (χ4v) is 15.8. The third kappa shape index (κ3) is 15.6. The zero-order valence-electron chi connectivity index (χ0n) is 44.5. The molecule has 0 N–H and O–H groups in total. The standard InChI is InChI=1S/C20H30N4OP.2C10H15N6O.C6H6N4.F6P/c1-2-9-16(8-1)26(17-10-3-4-11-17,18-12-5-6-13-18)25-24-20-19(22-23-24)14-7-15-21-20;2*1-14(2)10(15(3)4)17-16-9-8(12-13-16)6-5-7-11-9;1-10-6-5(8-9-10)3-2-4-7-6;1-7(2,3,4,5)6/h7,14-18H,1-6,8-13H2;2*5-7H,1-4H3;2-4H,1H3;/q3*+1;;-1. The zero-order valence-corrected chi connectivity index (χ0v) is 46.3. The van der Waals surface area contributed by atoms with E-state index in [0.29, 0.717) is 34.4 Å². The summed E-state index contributed by atoms with van der Waals surface area (Å²) in [6, 6.07) is 16.2. The van der Waals surface area contributed by atoms with Gasteiger partial charge in [0, 0.05) is 31.8 Å². The van der Waals surface area contributed by atoms with Crippen molar-refractivity contribution < 1.29 is 48.6 Å². The Bertz CT molecular complexity index is 3120. The fraction of sp³-hybridized carbons (Fsp3) is 0.522. The number of aryl methyl sites for hydroxylation is 1. The number of hydrogen-bond acceptors (Lipinski definition) is 15. The van der Waals surface area contributed by atoms with Gasteiger partial charge in [0.1, 0.15) is 39.0 Å². The molecule has 31 heteroatoms. The Hall–Kier alpha value is -7.02. The summed E-state index contributed by atoms with van der Waals surface area (Å²) in [5.74, 6) is 0. The third-order valence-corrected chi connectivity index (χ3v) is 18.1. The number of hydrogen-bond donors (Lipinski definition) is 0. The van der Waals surface area contributed by atoms with Crippen molar-refractivity contribution in [3.8, 4) is 0 Å². The van der Waals surface area contributed by atoms with Crippen molar-refractivity contribution in [3.05, 3.63) is 73.3 Å². The topological polar surface area (TPSA) is 215 Å². The number of amidine groups is 2. The summed E-state index contributed by atoms with van der Waals surface area (Å²) in [4.78, 5) is 36.3. The van der Waals surface area contributed by atoms with Crippen LogP contribution in [-0.4, -0.2) is 185 Å². The SMILES string of the molecule is CN(C)C(On1nnc2cccnc21)=[N+](C)C.CN(C)C(On1nnc2cccnc21)=[N+](C)C.Cn1nnc2cccnc21.F[P-](F)(F)(F)(F)F.c1cnc2c(c1)nnn2O[P+](C1CCCC1)(C1CCCC1)C1CCCC1. The molecule has 23 nitrogen and oxygen atoms in total. The average molecular weight is 1120 g/mol. The third-order valence-electron chi connectivity index (χ3n) is 12.7. The normalized spacial score (nSPS) is 15.9. The maximum Gasteiger partial charge on any atom is 0.232 e. The molecule has 77 heavy (non-hydrogen) atoms. The first-order valence-corrected chi connectivity index (χ1v) is 28.9. The van der Waals surface area contributed by atoms with Crippen LogP contribution in [-0.2, 0) is 7.05 Å². The average Bonchev–Trinajstić information content (AvgIpc) is 4.26. The summed E-state index contributed by atoms with van der Waals surface area (Å²) < 4.78 is 71.6. The van der Waals surface area contributed by atoms with E-state index < -0.39 is 15.3 Å². The van der Waals surface area contributed by atoms with E-state index in [1.54, 1.807) is 28.1 Å². The molecule has 3 saturated carbocycles. The van der Waals surface area contributed by atoms with Gasteiger partial charge in [-0.05, 0) is 156 Å². The van der Waals surface area contributed by atoms with Crippen LogP contribution in [0.1, 0.15) is 77.0 Å². The molecule has 418 valence electrons. The molecule has 0 aromatic carbocycles. The minimum atomic E-state index is -10.7. The summed E-state index contributed by atoms with van der Waals surface area (Å²) in [6.07, 6.45) is 23.4. The van der Waals surface area contributed by atoms with Crippen LogP contribution < -0.4 is 14.3 Å². The number of halogens is 6. The van der Waals surface area contributed by atoms with Crippen LogP contribution in [0.2, 0.25) is 0 Å². The Balaban J connectivity index is 0.000000149. The summed E-state index contributed by atoms with van der Waals surface area (Å²) in [7, 11) is 4.68. The van der Waals surface area contributed by atoms with Gasteiger partial charge in [-0.1, -0.05) is 5.21 Å². The fourth-order valence-electron chi connectivity index (χ4n) is 9.72. The second kappa shape index (κ2) is 23.7. The van der Waals surface area contributed by atoms with E-state index in [4.69, 9.17) is 14.3 Å². The molecule has 3 aliphatic carbocycles. The molecule has 0 aliphatic heterocycles. The van der Waals surface area contributed by atoms with Gasteiger partial charge in [-0.25, -0.2) is 48.2 Å². The van der Waals surface area contributed by atoms with Crippen molar-refractivity contribution in [3.63, 3.8) is 0 Å². The van der Waals surface area contributed by atoms with Crippen molar-refractivity contribution in [2.75, 3.05) is 56.4 Å². The minimum absolute atomic E-state index is 0.591. The van der Waals surface area contributed by atoms with E-state index in [9.17, 15) is 25.2 Å². The van der Waals surface area contributed by atoms with E-state index in [0.717, 1.165) is 39.3 Å². The quantitative estimate of drug-likeness (QED) is 0.0492. The molecule has 0 unspecified atom stereocenters. The Morgan fingerprint density at radius 1 is 0.494 bits per heavy atom. The van der Waals surface area contributed by atoms with Crippen LogP contribution in [0.25, 0.3) is 44.7 Å². The van der Waals surface area contributed by atoms with Gasteiger partial charge in [0.05, 0.1) is 56.4 Å². The molecule has 0 radical (unpaired) electrons. The summed E-state index contributed by atoms with van der Waals surface area (Å²) in [5.41, 5.74) is 8.20. The molecule has 3 aliphatic rings. The zero-order chi connectivity index (χ0) is 55.6. The first-order chi connectivity index (χ1) is 36.4. The van der Waals surface area contributed by atoms with Gasteiger partial charge >= 0.3 is 45.0 Å². The van der Waals surface area contributed by atoms with E-state index in [-0.39, 0.29) is 0 Å². The van der Waals surface area contributed by atoms with Crippen LogP contribution in [0, 0.1) is 0 Å². The smallest absolute Gasteiger partial charge is 0.232 e.